The van der Waals surface area contributed by atoms with E-state index >= 15 is 0 Å². The highest BCUT2D eigenvalue weighted by atomic mass is 16.2. The van der Waals surface area contributed by atoms with Gasteiger partial charge in [0.15, 0.2) is 0 Å². The van der Waals surface area contributed by atoms with Gasteiger partial charge in [-0.25, -0.2) is 0 Å². The fourth-order valence-electron chi connectivity index (χ4n) is 3.92. The van der Waals surface area contributed by atoms with Crippen molar-refractivity contribution in [3.63, 3.8) is 0 Å². The van der Waals surface area contributed by atoms with Gasteiger partial charge in [-0.05, 0) is 60.8 Å². The van der Waals surface area contributed by atoms with Crippen molar-refractivity contribution in [1.82, 2.24) is 10.6 Å². The van der Waals surface area contributed by atoms with E-state index in [4.69, 9.17) is 0 Å². The molecule has 2 N–H and O–H groups in total. The predicted octanol–water partition coefficient (Wildman–Crippen LogP) is 5.05. The molecular formula is C30H36N2O2. The molecule has 4 heteroatoms. The second kappa shape index (κ2) is 14.7. The zero-order valence-electron chi connectivity index (χ0n) is 20.0. The minimum Gasteiger partial charge on any atom is -0.356 e. The number of nitrogens with one attached hydrogen (secondary N) is 2. The maximum absolute atomic E-state index is 12.2. The van der Waals surface area contributed by atoms with Gasteiger partial charge in [0.25, 0.3) is 0 Å². The van der Waals surface area contributed by atoms with Gasteiger partial charge >= 0.3 is 0 Å². The van der Waals surface area contributed by atoms with Crippen LogP contribution in [0.2, 0.25) is 0 Å². The molecule has 3 aromatic carbocycles. The smallest absolute Gasteiger partial charge is 0.224 e. The van der Waals surface area contributed by atoms with E-state index in [0.29, 0.717) is 25.9 Å². The SMILES string of the molecule is O=C(Cc1ccc(CC(=O)NCCCCc2ccccc2)cc1)NCCCCc1ccccc1. The highest BCUT2D eigenvalue weighted by Crippen LogP contribution is 2.08. The molecule has 0 atom stereocenters. The van der Waals surface area contributed by atoms with Gasteiger partial charge in [0.05, 0.1) is 12.8 Å². The Morgan fingerprint density at radius 1 is 0.471 bits per heavy atom. The molecule has 0 aromatic heterocycles. The number of carbonyl (C=O) groups excluding carboxylic acids is 2. The van der Waals surface area contributed by atoms with Crippen molar-refractivity contribution < 1.29 is 9.59 Å². The Bertz CT molecular complexity index is 903. The number of hydrogen-bond acceptors (Lipinski definition) is 2. The van der Waals surface area contributed by atoms with Crippen LogP contribution in [0.3, 0.4) is 0 Å². The van der Waals surface area contributed by atoms with E-state index in [9.17, 15) is 9.59 Å². The van der Waals surface area contributed by atoms with Crippen molar-refractivity contribution >= 4 is 11.8 Å². The largest absolute Gasteiger partial charge is 0.356 e. The van der Waals surface area contributed by atoms with E-state index in [1.165, 1.54) is 11.1 Å². The summed E-state index contributed by atoms with van der Waals surface area (Å²) in [5, 5.41) is 6.01. The van der Waals surface area contributed by atoms with Crippen molar-refractivity contribution in [3.05, 3.63) is 107 Å². The quantitative estimate of drug-likeness (QED) is 0.334. The van der Waals surface area contributed by atoms with Crippen LogP contribution < -0.4 is 10.6 Å². The standard InChI is InChI=1S/C30H36N2O2/c33-29(31-21-9-7-15-25-11-3-1-4-12-25)23-27-17-19-28(20-18-27)24-30(34)32-22-10-8-16-26-13-5-2-6-14-26/h1-6,11-14,17-20H,7-10,15-16,21-24H2,(H,31,33)(H,32,34). The van der Waals surface area contributed by atoms with E-state index in [-0.39, 0.29) is 11.8 Å². The van der Waals surface area contributed by atoms with E-state index in [2.05, 4.69) is 59.2 Å². The molecule has 0 fully saturated rings. The molecule has 3 aromatic rings. The lowest BCUT2D eigenvalue weighted by Gasteiger charge is -2.08. The molecule has 3 rings (SSSR count). The van der Waals surface area contributed by atoms with Gasteiger partial charge in [-0.3, -0.25) is 9.59 Å². The lowest BCUT2D eigenvalue weighted by Crippen LogP contribution is -2.26. The van der Waals surface area contributed by atoms with Crippen molar-refractivity contribution in [2.75, 3.05) is 13.1 Å². The average Bonchev–Trinajstić information content (AvgIpc) is 2.86. The van der Waals surface area contributed by atoms with Crippen LogP contribution in [-0.4, -0.2) is 24.9 Å². The Balaban J connectivity index is 1.25. The van der Waals surface area contributed by atoms with Crippen LogP contribution in [0.1, 0.15) is 47.9 Å². The van der Waals surface area contributed by atoms with Gasteiger partial charge in [-0.2, -0.15) is 0 Å². The number of carbonyl (C=O) groups is 2. The van der Waals surface area contributed by atoms with Gasteiger partial charge in [0.1, 0.15) is 0 Å². The second-order valence-corrected chi connectivity index (χ2v) is 8.76. The van der Waals surface area contributed by atoms with Gasteiger partial charge in [0, 0.05) is 13.1 Å². The van der Waals surface area contributed by atoms with E-state index < -0.39 is 0 Å². The zero-order chi connectivity index (χ0) is 23.8. The maximum Gasteiger partial charge on any atom is 0.224 e. The average molecular weight is 457 g/mol. The zero-order valence-corrected chi connectivity index (χ0v) is 20.0. The summed E-state index contributed by atoms with van der Waals surface area (Å²) in [6, 6.07) is 28.6. The minimum atomic E-state index is 0.0423. The molecule has 34 heavy (non-hydrogen) atoms. The highest BCUT2D eigenvalue weighted by molar-refractivity contribution is 5.79. The molecule has 0 spiro atoms. The lowest BCUT2D eigenvalue weighted by molar-refractivity contribution is -0.121. The fraction of sp³-hybridized carbons (Fsp3) is 0.333. The summed E-state index contributed by atoms with van der Waals surface area (Å²) in [5.74, 6) is 0.0846. The predicted molar refractivity (Wildman–Crippen MR) is 139 cm³/mol. The number of aryl methyl sites for hydroxylation is 2. The van der Waals surface area contributed by atoms with Crippen LogP contribution in [0.5, 0.6) is 0 Å². The van der Waals surface area contributed by atoms with Crippen LogP contribution in [0.15, 0.2) is 84.9 Å². The van der Waals surface area contributed by atoms with Gasteiger partial charge < -0.3 is 10.6 Å². The summed E-state index contributed by atoms with van der Waals surface area (Å²) in [5.41, 5.74) is 4.61. The molecule has 178 valence electrons. The minimum absolute atomic E-state index is 0.0423. The van der Waals surface area contributed by atoms with Crippen LogP contribution in [0.25, 0.3) is 0 Å². The van der Waals surface area contributed by atoms with Crippen LogP contribution in [0.4, 0.5) is 0 Å². The third-order valence-electron chi connectivity index (χ3n) is 5.87. The first-order chi connectivity index (χ1) is 16.7. The molecule has 4 nitrogen and oxygen atoms in total. The lowest BCUT2D eigenvalue weighted by atomic mass is 10.1. The topological polar surface area (TPSA) is 58.2 Å². The van der Waals surface area contributed by atoms with Crippen LogP contribution in [0, 0.1) is 0 Å². The molecular weight excluding hydrogens is 420 g/mol. The maximum atomic E-state index is 12.2. The molecule has 0 unspecified atom stereocenters. The number of unbranched alkanes of at least 4 members (excludes halogenated alkanes) is 2. The summed E-state index contributed by atoms with van der Waals surface area (Å²) >= 11 is 0. The molecule has 0 heterocycles. The van der Waals surface area contributed by atoms with Gasteiger partial charge in [0.2, 0.25) is 11.8 Å². The Morgan fingerprint density at radius 3 is 1.24 bits per heavy atom. The molecule has 0 bridgehead atoms. The third-order valence-corrected chi connectivity index (χ3v) is 5.87. The Hall–Kier alpha value is -3.40. The van der Waals surface area contributed by atoms with Gasteiger partial charge in [-0.15, -0.1) is 0 Å². The molecule has 0 saturated carbocycles. The Morgan fingerprint density at radius 2 is 0.853 bits per heavy atom. The fourth-order valence-corrected chi connectivity index (χ4v) is 3.92. The number of benzene rings is 3. The summed E-state index contributed by atoms with van der Waals surface area (Å²) in [4.78, 5) is 24.4. The molecule has 0 radical (unpaired) electrons. The van der Waals surface area contributed by atoms with Gasteiger partial charge in [-0.1, -0.05) is 84.9 Å². The highest BCUT2D eigenvalue weighted by Gasteiger charge is 2.06. The van der Waals surface area contributed by atoms with Crippen molar-refractivity contribution in [3.8, 4) is 0 Å². The normalized spacial score (nSPS) is 10.6. The molecule has 0 aliphatic carbocycles. The summed E-state index contributed by atoms with van der Waals surface area (Å²) < 4.78 is 0. The Kier molecular flexibility index (Phi) is 10.9. The Labute approximate surface area is 203 Å². The molecule has 0 aliphatic heterocycles. The second-order valence-electron chi connectivity index (χ2n) is 8.76. The third kappa shape index (κ3) is 10.0. The van der Waals surface area contributed by atoms with Crippen LogP contribution >= 0.6 is 0 Å². The first kappa shape index (κ1) is 25.2. The first-order valence-corrected chi connectivity index (χ1v) is 12.4. The summed E-state index contributed by atoms with van der Waals surface area (Å²) in [6.07, 6.45) is 6.89. The first-order valence-electron chi connectivity index (χ1n) is 12.4. The van der Waals surface area contributed by atoms with E-state index in [1.807, 2.05) is 36.4 Å². The van der Waals surface area contributed by atoms with Crippen molar-refractivity contribution in [1.29, 1.82) is 0 Å². The van der Waals surface area contributed by atoms with E-state index in [1.54, 1.807) is 0 Å². The summed E-state index contributed by atoms with van der Waals surface area (Å²) in [7, 11) is 0. The molecule has 2 amide bonds. The molecule has 0 saturated heterocycles. The van der Waals surface area contributed by atoms with E-state index in [0.717, 1.165) is 49.7 Å². The molecule has 0 aliphatic rings. The number of hydrogen-bond donors (Lipinski definition) is 2. The number of rotatable bonds is 14. The number of amides is 2. The van der Waals surface area contributed by atoms with Crippen LogP contribution in [-0.2, 0) is 35.3 Å². The summed E-state index contributed by atoms with van der Waals surface area (Å²) in [6.45, 7) is 1.41. The van der Waals surface area contributed by atoms with Crippen molar-refractivity contribution in [2.45, 2.75) is 51.4 Å². The van der Waals surface area contributed by atoms with Crippen molar-refractivity contribution in [2.24, 2.45) is 0 Å². The monoisotopic (exact) mass is 456 g/mol.